The van der Waals surface area contributed by atoms with Crippen molar-refractivity contribution in [2.75, 3.05) is 0 Å². The average molecular weight is 234 g/mol. The van der Waals surface area contributed by atoms with E-state index in [2.05, 4.69) is 10.3 Å². The first-order chi connectivity index (χ1) is 7.77. The average Bonchev–Trinajstić information content (AvgIpc) is 2.79. The van der Waals surface area contributed by atoms with Gasteiger partial charge < -0.3 is 10.4 Å². The molecule has 2 aromatic heterocycles. The molecule has 0 radical (unpaired) electrons. The summed E-state index contributed by atoms with van der Waals surface area (Å²) < 4.78 is 0. The second kappa shape index (κ2) is 4.76. The van der Waals surface area contributed by atoms with E-state index < -0.39 is 0 Å². The molecule has 2 rings (SSSR count). The molecule has 0 saturated carbocycles. The molecule has 16 heavy (non-hydrogen) atoms. The molecule has 1 amide bonds. The Labute approximate surface area is 96.6 Å². The third-order valence-electron chi connectivity index (χ3n) is 2.03. The first kappa shape index (κ1) is 10.6. The first-order valence-electron chi connectivity index (χ1n) is 4.70. The summed E-state index contributed by atoms with van der Waals surface area (Å²) in [6.45, 7) is 0.443. The molecule has 0 saturated heterocycles. The van der Waals surface area contributed by atoms with Gasteiger partial charge in [0.05, 0.1) is 0 Å². The maximum Gasteiger partial charge on any atom is 0.274 e. The van der Waals surface area contributed by atoms with Gasteiger partial charge in [-0.15, -0.1) is 0 Å². The van der Waals surface area contributed by atoms with Gasteiger partial charge >= 0.3 is 0 Å². The van der Waals surface area contributed by atoms with Gasteiger partial charge in [0, 0.05) is 12.7 Å². The van der Waals surface area contributed by atoms with E-state index in [9.17, 15) is 9.90 Å². The number of thiophene rings is 1. The number of carbonyl (C=O) groups excluding carboxylic acids is 1. The molecule has 0 aliphatic carbocycles. The Kier molecular flexibility index (Phi) is 3.16. The highest BCUT2D eigenvalue weighted by Crippen LogP contribution is 2.12. The zero-order chi connectivity index (χ0) is 11.4. The number of hydrogen-bond donors (Lipinski definition) is 2. The zero-order valence-corrected chi connectivity index (χ0v) is 9.20. The van der Waals surface area contributed by atoms with Crippen molar-refractivity contribution >= 4 is 17.2 Å². The third kappa shape index (κ3) is 2.38. The Balaban J connectivity index is 2.01. The SMILES string of the molecule is O=C(NCc1ccsc1)c1ncccc1O. The van der Waals surface area contributed by atoms with Gasteiger partial charge in [0.2, 0.25) is 0 Å². The number of carbonyl (C=O) groups is 1. The summed E-state index contributed by atoms with van der Waals surface area (Å²) in [4.78, 5) is 15.4. The smallest absolute Gasteiger partial charge is 0.274 e. The topological polar surface area (TPSA) is 62.2 Å². The summed E-state index contributed by atoms with van der Waals surface area (Å²) >= 11 is 1.57. The van der Waals surface area contributed by atoms with Crippen LogP contribution < -0.4 is 5.32 Å². The molecule has 0 aliphatic heterocycles. The van der Waals surface area contributed by atoms with Crippen molar-refractivity contribution in [2.24, 2.45) is 0 Å². The van der Waals surface area contributed by atoms with Gasteiger partial charge in [-0.05, 0) is 34.5 Å². The minimum atomic E-state index is -0.371. The summed E-state index contributed by atoms with van der Waals surface area (Å²) in [6.07, 6.45) is 1.47. The van der Waals surface area contributed by atoms with Crippen molar-refractivity contribution in [2.45, 2.75) is 6.54 Å². The van der Waals surface area contributed by atoms with Crippen LogP contribution in [0.4, 0.5) is 0 Å². The van der Waals surface area contributed by atoms with Crippen LogP contribution in [0.15, 0.2) is 35.2 Å². The molecule has 2 N–H and O–H groups in total. The van der Waals surface area contributed by atoms with Crippen molar-refractivity contribution < 1.29 is 9.90 Å². The molecule has 0 aliphatic rings. The fraction of sp³-hybridized carbons (Fsp3) is 0.0909. The van der Waals surface area contributed by atoms with Crippen LogP contribution in [0.2, 0.25) is 0 Å². The van der Waals surface area contributed by atoms with Gasteiger partial charge in [-0.3, -0.25) is 4.79 Å². The van der Waals surface area contributed by atoms with E-state index in [0.29, 0.717) is 6.54 Å². The number of hydrogen-bond acceptors (Lipinski definition) is 4. The highest BCUT2D eigenvalue weighted by atomic mass is 32.1. The van der Waals surface area contributed by atoms with Crippen LogP contribution in [-0.2, 0) is 6.54 Å². The van der Waals surface area contributed by atoms with Gasteiger partial charge in [-0.2, -0.15) is 11.3 Å². The third-order valence-corrected chi connectivity index (χ3v) is 2.77. The molecule has 0 unspecified atom stereocenters. The van der Waals surface area contributed by atoms with Gasteiger partial charge in [0.25, 0.3) is 5.91 Å². The van der Waals surface area contributed by atoms with Crippen LogP contribution >= 0.6 is 11.3 Å². The Morgan fingerprint density at radius 3 is 3.06 bits per heavy atom. The fourth-order valence-electron chi connectivity index (χ4n) is 1.23. The summed E-state index contributed by atoms with van der Waals surface area (Å²) in [6, 6.07) is 4.95. The Morgan fingerprint density at radius 1 is 1.50 bits per heavy atom. The first-order valence-corrected chi connectivity index (χ1v) is 5.65. The van der Waals surface area contributed by atoms with Crippen molar-refractivity contribution in [1.82, 2.24) is 10.3 Å². The lowest BCUT2D eigenvalue weighted by atomic mass is 10.3. The number of aromatic hydroxyl groups is 1. The molecule has 0 atom stereocenters. The number of nitrogens with one attached hydrogen (secondary N) is 1. The van der Waals surface area contributed by atoms with E-state index in [1.807, 2.05) is 16.8 Å². The van der Waals surface area contributed by atoms with Crippen molar-refractivity contribution in [3.05, 3.63) is 46.4 Å². The maximum absolute atomic E-state index is 11.6. The van der Waals surface area contributed by atoms with Crippen LogP contribution in [0.25, 0.3) is 0 Å². The fourth-order valence-corrected chi connectivity index (χ4v) is 1.90. The Hall–Kier alpha value is -1.88. The van der Waals surface area contributed by atoms with Gasteiger partial charge in [0.15, 0.2) is 5.69 Å². The molecule has 5 heteroatoms. The molecule has 2 heterocycles. The Morgan fingerprint density at radius 2 is 2.38 bits per heavy atom. The zero-order valence-electron chi connectivity index (χ0n) is 8.38. The number of rotatable bonds is 3. The van der Waals surface area contributed by atoms with Crippen molar-refractivity contribution in [1.29, 1.82) is 0 Å². The summed E-state index contributed by atoms with van der Waals surface area (Å²) in [5, 5.41) is 16.0. The quantitative estimate of drug-likeness (QED) is 0.851. The highest BCUT2D eigenvalue weighted by molar-refractivity contribution is 7.07. The molecule has 2 aromatic rings. The van der Waals surface area contributed by atoms with E-state index >= 15 is 0 Å². The van der Waals surface area contributed by atoms with E-state index in [0.717, 1.165) is 5.56 Å². The van der Waals surface area contributed by atoms with Crippen LogP contribution in [-0.4, -0.2) is 16.0 Å². The van der Waals surface area contributed by atoms with Crippen molar-refractivity contribution in [3.63, 3.8) is 0 Å². The molecule has 0 spiro atoms. The number of nitrogens with zero attached hydrogens (tertiary/aromatic N) is 1. The standard InChI is InChI=1S/C11H10N2O2S/c14-9-2-1-4-12-10(9)11(15)13-6-8-3-5-16-7-8/h1-5,7,14H,6H2,(H,13,15). The number of aromatic nitrogens is 1. The van der Waals surface area contributed by atoms with Gasteiger partial charge in [0.1, 0.15) is 5.75 Å². The minimum Gasteiger partial charge on any atom is -0.505 e. The minimum absolute atomic E-state index is 0.0535. The lowest BCUT2D eigenvalue weighted by molar-refractivity contribution is 0.0943. The predicted molar refractivity (Wildman–Crippen MR) is 61.4 cm³/mol. The van der Waals surface area contributed by atoms with Gasteiger partial charge in [-0.25, -0.2) is 4.98 Å². The lowest BCUT2D eigenvalue weighted by Crippen LogP contribution is -2.23. The van der Waals surface area contributed by atoms with Gasteiger partial charge in [-0.1, -0.05) is 0 Å². The molecule has 0 fully saturated rings. The molecular weight excluding hydrogens is 224 g/mol. The summed E-state index contributed by atoms with van der Waals surface area (Å²) in [5.74, 6) is -0.477. The molecule has 0 bridgehead atoms. The molecular formula is C11H10N2O2S. The largest absolute Gasteiger partial charge is 0.505 e. The summed E-state index contributed by atoms with van der Waals surface area (Å²) in [7, 11) is 0. The monoisotopic (exact) mass is 234 g/mol. The predicted octanol–water partition coefficient (Wildman–Crippen LogP) is 1.78. The van der Waals surface area contributed by atoms with Crippen molar-refractivity contribution in [3.8, 4) is 5.75 Å². The Bertz CT molecular complexity index is 482. The van der Waals surface area contributed by atoms with Crippen LogP contribution in [0, 0.1) is 0 Å². The number of amides is 1. The van der Waals surface area contributed by atoms with Crippen LogP contribution in [0.5, 0.6) is 5.75 Å². The second-order valence-corrected chi connectivity index (χ2v) is 3.97. The second-order valence-electron chi connectivity index (χ2n) is 3.19. The van der Waals surface area contributed by atoms with Crippen LogP contribution in [0.3, 0.4) is 0 Å². The molecule has 82 valence electrons. The van der Waals surface area contributed by atoms with E-state index in [4.69, 9.17) is 0 Å². The normalized spacial score (nSPS) is 10.0. The molecule has 4 nitrogen and oxygen atoms in total. The summed E-state index contributed by atoms with van der Waals surface area (Å²) in [5.41, 5.74) is 1.09. The van der Waals surface area contributed by atoms with E-state index in [-0.39, 0.29) is 17.4 Å². The maximum atomic E-state index is 11.6. The van der Waals surface area contributed by atoms with Crippen LogP contribution in [0.1, 0.15) is 16.1 Å². The van der Waals surface area contributed by atoms with E-state index in [1.54, 1.807) is 17.4 Å². The highest BCUT2D eigenvalue weighted by Gasteiger charge is 2.11. The number of pyridine rings is 1. The lowest BCUT2D eigenvalue weighted by Gasteiger charge is -2.04. The molecule has 0 aromatic carbocycles. The van der Waals surface area contributed by atoms with E-state index in [1.165, 1.54) is 12.3 Å².